The molecule has 0 radical (unpaired) electrons. The lowest BCUT2D eigenvalue weighted by molar-refractivity contribution is -0.121. The SMILES string of the molecule is O=C(Nc1ccc(S(=O)(=O)N2CCOCC2)cc1)C1CCCN(Cc2nc(-c3ccccc3)no2)C1. The van der Waals surface area contributed by atoms with Gasteiger partial charge in [-0.3, -0.25) is 9.69 Å². The molecule has 2 fully saturated rings. The molecule has 11 heteroatoms. The van der Waals surface area contributed by atoms with Crippen LogP contribution in [0.1, 0.15) is 18.7 Å². The van der Waals surface area contributed by atoms with Crippen molar-refractivity contribution in [2.75, 3.05) is 44.7 Å². The first-order valence-corrected chi connectivity index (χ1v) is 13.5. The Kier molecular flexibility index (Phi) is 7.42. The van der Waals surface area contributed by atoms with Gasteiger partial charge in [-0.2, -0.15) is 9.29 Å². The summed E-state index contributed by atoms with van der Waals surface area (Å²) in [4.78, 5) is 19.8. The van der Waals surface area contributed by atoms with E-state index in [1.54, 1.807) is 12.1 Å². The third kappa shape index (κ3) is 5.65. The van der Waals surface area contributed by atoms with Crippen molar-refractivity contribution < 1.29 is 22.5 Å². The zero-order valence-electron chi connectivity index (χ0n) is 19.9. The molecule has 1 aromatic heterocycles. The number of piperidine rings is 1. The molecule has 0 aliphatic carbocycles. The Hall–Kier alpha value is -3.12. The Morgan fingerprint density at radius 2 is 1.78 bits per heavy atom. The maximum Gasteiger partial charge on any atom is 0.243 e. The van der Waals surface area contributed by atoms with E-state index in [1.807, 2.05) is 30.3 Å². The van der Waals surface area contributed by atoms with E-state index in [2.05, 4.69) is 20.4 Å². The number of anilines is 1. The fourth-order valence-electron chi connectivity index (χ4n) is 4.52. The first-order valence-electron chi connectivity index (χ1n) is 12.1. The number of likely N-dealkylation sites (tertiary alicyclic amines) is 1. The molecule has 1 unspecified atom stereocenters. The van der Waals surface area contributed by atoms with Gasteiger partial charge in [-0.05, 0) is 43.7 Å². The Morgan fingerprint density at radius 1 is 1.03 bits per heavy atom. The van der Waals surface area contributed by atoms with Crippen LogP contribution in [0.25, 0.3) is 11.4 Å². The lowest BCUT2D eigenvalue weighted by Gasteiger charge is -2.30. The topological polar surface area (TPSA) is 118 Å². The molecule has 2 aromatic carbocycles. The summed E-state index contributed by atoms with van der Waals surface area (Å²) in [5.74, 6) is 0.800. The molecule has 5 rings (SSSR count). The molecule has 1 N–H and O–H groups in total. The molecule has 0 bridgehead atoms. The van der Waals surface area contributed by atoms with Crippen LogP contribution in [0.4, 0.5) is 5.69 Å². The van der Waals surface area contributed by atoms with E-state index < -0.39 is 10.0 Å². The van der Waals surface area contributed by atoms with Crippen molar-refractivity contribution in [3.8, 4) is 11.4 Å². The molecule has 0 spiro atoms. The predicted octanol–water partition coefficient (Wildman–Crippen LogP) is 2.61. The van der Waals surface area contributed by atoms with Crippen LogP contribution in [-0.2, 0) is 26.1 Å². The highest BCUT2D eigenvalue weighted by Gasteiger charge is 2.28. The molecule has 2 aliphatic heterocycles. The number of ether oxygens (including phenoxy) is 1. The molecule has 36 heavy (non-hydrogen) atoms. The molecule has 3 aromatic rings. The van der Waals surface area contributed by atoms with Crippen LogP contribution in [0.2, 0.25) is 0 Å². The summed E-state index contributed by atoms with van der Waals surface area (Å²) in [5.41, 5.74) is 1.47. The average Bonchev–Trinajstić information content (AvgIpc) is 3.38. The van der Waals surface area contributed by atoms with Crippen LogP contribution in [0.15, 0.2) is 64.0 Å². The van der Waals surface area contributed by atoms with E-state index in [-0.39, 0.29) is 16.7 Å². The molecule has 2 aliphatic rings. The van der Waals surface area contributed by atoms with E-state index >= 15 is 0 Å². The highest BCUT2D eigenvalue weighted by molar-refractivity contribution is 7.89. The predicted molar refractivity (Wildman–Crippen MR) is 132 cm³/mol. The number of amides is 1. The Labute approximate surface area is 210 Å². The summed E-state index contributed by atoms with van der Waals surface area (Å²) in [6.07, 6.45) is 1.67. The van der Waals surface area contributed by atoms with Gasteiger partial charge < -0.3 is 14.6 Å². The minimum absolute atomic E-state index is 0.0843. The minimum atomic E-state index is -3.57. The van der Waals surface area contributed by atoms with Gasteiger partial charge in [0.05, 0.1) is 30.6 Å². The van der Waals surface area contributed by atoms with Gasteiger partial charge in [-0.25, -0.2) is 8.42 Å². The Bertz CT molecular complexity index is 1270. The second kappa shape index (κ2) is 10.9. The van der Waals surface area contributed by atoms with E-state index in [9.17, 15) is 13.2 Å². The van der Waals surface area contributed by atoms with Crippen LogP contribution < -0.4 is 5.32 Å². The number of morpholine rings is 1. The number of hydrogen-bond donors (Lipinski definition) is 1. The van der Waals surface area contributed by atoms with Gasteiger partial charge in [0.25, 0.3) is 0 Å². The molecular weight excluding hydrogens is 482 g/mol. The molecule has 190 valence electrons. The van der Waals surface area contributed by atoms with Gasteiger partial charge in [0.2, 0.25) is 27.6 Å². The van der Waals surface area contributed by atoms with Gasteiger partial charge in [-0.15, -0.1) is 0 Å². The number of nitrogens with one attached hydrogen (secondary N) is 1. The third-order valence-corrected chi connectivity index (χ3v) is 8.38. The number of carbonyl (C=O) groups excluding carboxylic acids is 1. The second-order valence-corrected chi connectivity index (χ2v) is 10.9. The van der Waals surface area contributed by atoms with Gasteiger partial charge in [0.15, 0.2) is 0 Å². The first-order chi connectivity index (χ1) is 17.5. The lowest BCUT2D eigenvalue weighted by Crippen LogP contribution is -2.40. The quantitative estimate of drug-likeness (QED) is 0.514. The van der Waals surface area contributed by atoms with Crippen molar-refractivity contribution in [1.29, 1.82) is 0 Å². The number of nitrogens with zero attached hydrogens (tertiary/aromatic N) is 4. The Morgan fingerprint density at radius 3 is 2.53 bits per heavy atom. The highest BCUT2D eigenvalue weighted by Crippen LogP contribution is 2.23. The number of rotatable bonds is 7. The summed E-state index contributed by atoms with van der Waals surface area (Å²) in [5, 5.41) is 7.01. The maximum atomic E-state index is 13.0. The lowest BCUT2D eigenvalue weighted by atomic mass is 9.97. The first kappa shape index (κ1) is 24.6. The fourth-order valence-corrected chi connectivity index (χ4v) is 5.93. The summed E-state index contributed by atoms with van der Waals surface area (Å²) in [7, 11) is -3.57. The number of hydrogen-bond acceptors (Lipinski definition) is 8. The van der Waals surface area contributed by atoms with Crippen LogP contribution in [0.5, 0.6) is 0 Å². The van der Waals surface area contributed by atoms with Gasteiger partial charge in [-0.1, -0.05) is 35.5 Å². The van der Waals surface area contributed by atoms with Gasteiger partial charge in [0.1, 0.15) is 0 Å². The molecular formula is C25H29N5O5S. The van der Waals surface area contributed by atoms with Crippen molar-refractivity contribution >= 4 is 21.6 Å². The van der Waals surface area contributed by atoms with Crippen molar-refractivity contribution in [2.45, 2.75) is 24.3 Å². The summed E-state index contributed by atoms with van der Waals surface area (Å²) >= 11 is 0. The van der Waals surface area contributed by atoms with Crippen molar-refractivity contribution in [3.63, 3.8) is 0 Å². The van der Waals surface area contributed by atoms with Crippen LogP contribution in [-0.4, -0.2) is 73.1 Å². The van der Waals surface area contributed by atoms with Crippen molar-refractivity contribution in [3.05, 3.63) is 60.5 Å². The minimum Gasteiger partial charge on any atom is -0.379 e. The number of benzene rings is 2. The smallest absolute Gasteiger partial charge is 0.243 e. The molecule has 0 saturated carbocycles. The van der Waals surface area contributed by atoms with E-state index in [0.717, 1.165) is 24.9 Å². The fraction of sp³-hybridized carbons (Fsp3) is 0.400. The summed E-state index contributed by atoms with van der Waals surface area (Å²) in [6, 6.07) is 16.0. The zero-order valence-corrected chi connectivity index (χ0v) is 20.7. The zero-order chi connectivity index (χ0) is 25.0. The number of sulfonamides is 1. The average molecular weight is 512 g/mol. The van der Waals surface area contributed by atoms with Crippen LogP contribution in [0, 0.1) is 5.92 Å². The molecule has 2 saturated heterocycles. The van der Waals surface area contributed by atoms with Crippen LogP contribution in [0.3, 0.4) is 0 Å². The van der Waals surface area contributed by atoms with E-state index in [4.69, 9.17) is 9.26 Å². The summed E-state index contributed by atoms with van der Waals surface area (Å²) in [6.45, 7) is 3.39. The standard InChI is InChI=1S/C25H29N5O5S/c31-25(26-21-8-10-22(11-9-21)36(32,33)30-13-15-34-16-14-30)20-7-4-12-29(17-20)18-23-27-24(28-35-23)19-5-2-1-3-6-19/h1-3,5-6,8-11,20H,4,7,12-18H2,(H,26,31). The van der Waals surface area contributed by atoms with Crippen molar-refractivity contribution in [2.24, 2.45) is 5.92 Å². The summed E-state index contributed by atoms with van der Waals surface area (Å²) < 4.78 is 37.7. The van der Waals surface area contributed by atoms with Gasteiger partial charge >= 0.3 is 0 Å². The largest absolute Gasteiger partial charge is 0.379 e. The molecule has 1 amide bonds. The van der Waals surface area contributed by atoms with Gasteiger partial charge in [0, 0.05) is 30.9 Å². The van der Waals surface area contributed by atoms with Crippen molar-refractivity contribution in [1.82, 2.24) is 19.3 Å². The third-order valence-electron chi connectivity index (χ3n) is 6.46. The molecule has 3 heterocycles. The number of carbonyl (C=O) groups is 1. The Balaban J connectivity index is 1.17. The highest BCUT2D eigenvalue weighted by atomic mass is 32.2. The normalized spacial score (nSPS) is 19.7. The van der Waals surface area contributed by atoms with E-state index in [1.165, 1.54) is 16.4 Å². The maximum absolute atomic E-state index is 13.0. The second-order valence-electron chi connectivity index (χ2n) is 8.98. The van der Waals surface area contributed by atoms with Crippen LogP contribution >= 0.6 is 0 Å². The molecule has 10 nitrogen and oxygen atoms in total. The van der Waals surface area contributed by atoms with E-state index in [0.29, 0.717) is 56.8 Å². The monoisotopic (exact) mass is 511 g/mol. The number of aromatic nitrogens is 2. The molecule has 1 atom stereocenters.